The SMILES string of the molecule is O=C(O)CCc1nc(-c2c(Cl)cccc2Cl)no1. The highest BCUT2D eigenvalue weighted by atomic mass is 35.5. The number of hydrogen-bond donors (Lipinski definition) is 1. The van der Waals surface area contributed by atoms with Crippen molar-refractivity contribution in [2.45, 2.75) is 12.8 Å². The first-order valence-electron chi connectivity index (χ1n) is 5.06. The van der Waals surface area contributed by atoms with Crippen LogP contribution in [0.25, 0.3) is 11.4 Å². The molecule has 5 nitrogen and oxygen atoms in total. The van der Waals surface area contributed by atoms with Crippen molar-refractivity contribution in [1.29, 1.82) is 0 Å². The minimum absolute atomic E-state index is 0.0715. The molecule has 0 unspecified atom stereocenters. The first kappa shape index (κ1) is 12.9. The van der Waals surface area contributed by atoms with Gasteiger partial charge in [-0.1, -0.05) is 34.4 Å². The van der Waals surface area contributed by atoms with Gasteiger partial charge in [-0.2, -0.15) is 4.98 Å². The minimum atomic E-state index is -0.925. The van der Waals surface area contributed by atoms with E-state index in [1.165, 1.54) is 0 Å². The van der Waals surface area contributed by atoms with Crippen LogP contribution in [-0.4, -0.2) is 21.2 Å². The summed E-state index contributed by atoms with van der Waals surface area (Å²) in [4.78, 5) is 14.5. The fourth-order valence-electron chi connectivity index (χ4n) is 1.38. The number of hydrogen-bond acceptors (Lipinski definition) is 4. The number of benzene rings is 1. The molecule has 1 aromatic carbocycles. The summed E-state index contributed by atoms with van der Waals surface area (Å²) in [6.45, 7) is 0. The van der Waals surface area contributed by atoms with Gasteiger partial charge in [-0.3, -0.25) is 4.79 Å². The van der Waals surface area contributed by atoms with Crippen molar-refractivity contribution in [3.8, 4) is 11.4 Å². The summed E-state index contributed by atoms with van der Waals surface area (Å²) in [5.74, 6) is -0.431. The Labute approximate surface area is 112 Å². The normalized spacial score (nSPS) is 10.6. The lowest BCUT2D eigenvalue weighted by Gasteiger charge is -2.00. The summed E-state index contributed by atoms with van der Waals surface area (Å²) in [6, 6.07) is 5.03. The molecule has 1 N–H and O–H groups in total. The van der Waals surface area contributed by atoms with Crippen LogP contribution in [-0.2, 0) is 11.2 Å². The smallest absolute Gasteiger partial charge is 0.303 e. The fraction of sp³-hybridized carbons (Fsp3) is 0.182. The molecule has 0 spiro atoms. The highest BCUT2D eigenvalue weighted by Crippen LogP contribution is 2.32. The van der Waals surface area contributed by atoms with E-state index in [0.29, 0.717) is 15.6 Å². The van der Waals surface area contributed by atoms with Gasteiger partial charge in [0.15, 0.2) is 0 Å². The molecular weight excluding hydrogens is 279 g/mol. The predicted octanol–water partition coefficient (Wildman–Crippen LogP) is 3.06. The van der Waals surface area contributed by atoms with E-state index in [9.17, 15) is 4.79 Å². The highest BCUT2D eigenvalue weighted by Gasteiger charge is 2.15. The Morgan fingerprint density at radius 2 is 2.00 bits per heavy atom. The van der Waals surface area contributed by atoms with Gasteiger partial charge in [-0.15, -0.1) is 0 Å². The first-order valence-corrected chi connectivity index (χ1v) is 5.82. The number of aliphatic carboxylic acids is 1. The zero-order chi connectivity index (χ0) is 13.1. The number of aryl methyl sites for hydroxylation is 1. The number of carboxylic acid groups (broad SMARTS) is 1. The summed E-state index contributed by atoms with van der Waals surface area (Å²) < 4.78 is 4.94. The Morgan fingerprint density at radius 1 is 1.33 bits per heavy atom. The van der Waals surface area contributed by atoms with E-state index in [2.05, 4.69) is 10.1 Å². The van der Waals surface area contributed by atoms with Gasteiger partial charge in [0.1, 0.15) is 0 Å². The van der Waals surface area contributed by atoms with Gasteiger partial charge in [0.25, 0.3) is 0 Å². The van der Waals surface area contributed by atoms with Crippen LogP contribution in [0.15, 0.2) is 22.7 Å². The third-order valence-electron chi connectivity index (χ3n) is 2.21. The quantitative estimate of drug-likeness (QED) is 0.935. The molecule has 0 fully saturated rings. The molecule has 7 heteroatoms. The topological polar surface area (TPSA) is 76.2 Å². The lowest BCUT2D eigenvalue weighted by atomic mass is 10.2. The van der Waals surface area contributed by atoms with Gasteiger partial charge in [0.05, 0.1) is 22.0 Å². The third-order valence-corrected chi connectivity index (χ3v) is 2.84. The monoisotopic (exact) mass is 286 g/mol. The van der Waals surface area contributed by atoms with Crippen LogP contribution in [0.2, 0.25) is 10.0 Å². The number of halogens is 2. The van der Waals surface area contributed by atoms with Crippen molar-refractivity contribution in [1.82, 2.24) is 10.1 Å². The summed E-state index contributed by atoms with van der Waals surface area (Å²) in [7, 11) is 0. The van der Waals surface area contributed by atoms with E-state index >= 15 is 0 Å². The number of aromatic nitrogens is 2. The van der Waals surface area contributed by atoms with Crippen LogP contribution >= 0.6 is 23.2 Å². The molecule has 0 amide bonds. The molecular formula is C11H8Cl2N2O3. The highest BCUT2D eigenvalue weighted by molar-refractivity contribution is 6.38. The van der Waals surface area contributed by atoms with Crippen LogP contribution < -0.4 is 0 Å². The standard InChI is InChI=1S/C11H8Cl2N2O3/c12-6-2-1-3-7(13)10(6)11-14-8(18-15-11)4-5-9(16)17/h1-3H,4-5H2,(H,16,17). The molecule has 0 saturated heterocycles. The van der Waals surface area contributed by atoms with Gasteiger partial charge in [0, 0.05) is 6.42 Å². The molecule has 0 aliphatic heterocycles. The van der Waals surface area contributed by atoms with E-state index in [1.807, 2.05) is 0 Å². The van der Waals surface area contributed by atoms with Crippen LogP contribution in [0.3, 0.4) is 0 Å². The van der Waals surface area contributed by atoms with Crippen LogP contribution in [0.4, 0.5) is 0 Å². The molecule has 0 saturated carbocycles. The average molecular weight is 287 g/mol. The Kier molecular flexibility index (Phi) is 3.84. The van der Waals surface area contributed by atoms with Crippen molar-refractivity contribution in [3.63, 3.8) is 0 Å². The first-order chi connectivity index (χ1) is 8.58. The summed E-state index contributed by atoms with van der Waals surface area (Å²) >= 11 is 12.0. The number of nitrogens with zero attached hydrogens (tertiary/aromatic N) is 2. The van der Waals surface area contributed by atoms with E-state index < -0.39 is 5.97 Å². The molecule has 0 bridgehead atoms. The molecule has 0 radical (unpaired) electrons. The average Bonchev–Trinajstić information content (AvgIpc) is 2.75. The predicted molar refractivity (Wildman–Crippen MR) is 65.7 cm³/mol. The van der Waals surface area contributed by atoms with Crippen LogP contribution in [0.1, 0.15) is 12.3 Å². The van der Waals surface area contributed by atoms with Gasteiger partial charge < -0.3 is 9.63 Å². The maximum absolute atomic E-state index is 10.4. The second-order valence-corrected chi connectivity index (χ2v) is 4.32. The van der Waals surface area contributed by atoms with Gasteiger partial charge >= 0.3 is 5.97 Å². The fourth-order valence-corrected chi connectivity index (χ4v) is 1.95. The van der Waals surface area contributed by atoms with E-state index in [4.69, 9.17) is 32.8 Å². The lowest BCUT2D eigenvalue weighted by Crippen LogP contribution is -1.97. The molecule has 18 heavy (non-hydrogen) atoms. The number of carboxylic acids is 1. The third kappa shape index (κ3) is 2.80. The lowest BCUT2D eigenvalue weighted by molar-refractivity contribution is -0.137. The molecule has 0 aliphatic rings. The van der Waals surface area contributed by atoms with E-state index in [0.717, 1.165) is 0 Å². The van der Waals surface area contributed by atoms with Gasteiger partial charge in [-0.25, -0.2) is 0 Å². The second-order valence-electron chi connectivity index (χ2n) is 3.50. The molecule has 0 atom stereocenters. The molecule has 2 rings (SSSR count). The second kappa shape index (κ2) is 5.37. The van der Waals surface area contributed by atoms with E-state index in [-0.39, 0.29) is 24.6 Å². The summed E-state index contributed by atoms with van der Waals surface area (Å²) in [6.07, 6.45) is 0.0995. The van der Waals surface area contributed by atoms with Crippen molar-refractivity contribution >= 4 is 29.2 Å². The minimum Gasteiger partial charge on any atom is -0.481 e. The zero-order valence-electron chi connectivity index (χ0n) is 9.06. The van der Waals surface area contributed by atoms with Crippen molar-refractivity contribution in [2.24, 2.45) is 0 Å². The molecule has 1 aromatic heterocycles. The Morgan fingerprint density at radius 3 is 2.61 bits per heavy atom. The molecule has 1 heterocycles. The maximum Gasteiger partial charge on any atom is 0.303 e. The van der Waals surface area contributed by atoms with Crippen molar-refractivity contribution in [3.05, 3.63) is 34.1 Å². The Bertz CT molecular complexity index is 563. The molecule has 2 aromatic rings. The van der Waals surface area contributed by atoms with Crippen LogP contribution in [0.5, 0.6) is 0 Å². The molecule has 0 aliphatic carbocycles. The van der Waals surface area contributed by atoms with Crippen molar-refractivity contribution in [2.75, 3.05) is 0 Å². The largest absolute Gasteiger partial charge is 0.481 e. The summed E-state index contributed by atoms with van der Waals surface area (Å²) in [5, 5.41) is 13.1. The zero-order valence-corrected chi connectivity index (χ0v) is 10.6. The van der Waals surface area contributed by atoms with Crippen LogP contribution in [0, 0.1) is 0 Å². The van der Waals surface area contributed by atoms with Gasteiger partial charge in [-0.05, 0) is 12.1 Å². The maximum atomic E-state index is 10.4. The number of rotatable bonds is 4. The molecule has 94 valence electrons. The van der Waals surface area contributed by atoms with Gasteiger partial charge in [0.2, 0.25) is 11.7 Å². The summed E-state index contributed by atoms with van der Waals surface area (Å²) in [5.41, 5.74) is 0.478. The van der Waals surface area contributed by atoms with E-state index in [1.54, 1.807) is 18.2 Å². The Hall–Kier alpha value is -1.59. The Balaban J connectivity index is 2.27. The van der Waals surface area contributed by atoms with Crippen molar-refractivity contribution < 1.29 is 14.4 Å². The number of carbonyl (C=O) groups is 1.